The van der Waals surface area contributed by atoms with Crippen LogP contribution in [0, 0.1) is 12.8 Å². The molecule has 5 rings (SSSR count). The van der Waals surface area contributed by atoms with E-state index in [0.717, 1.165) is 48.6 Å². The number of aromatic nitrogens is 3. The van der Waals surface area contributed by atoms with Gasteiger partial charge in [-0.3, -0.25) is 9.59 Å². The zero-order chi connectivity index (χ0) is 23.7. The topological polar surface area (TPSA) is 89.3 Å². The largest absolute Gasteiger partial charge is 0.495 e. The molecule has 0 saturated carbocycles. The van der Waals surface area contributed by atoms with E-state index in [0.29, 0.717) is 23.7 Å². The molecule has 2 amide bonds. The Labute approximate surface area is 198 Å². The van der Waals surface area contributed by atoms with Gasteiger partial charge in [-0.05, 0) is 49.6 Å². The average Bonchev–Trinajstić information content (AvgIpc) is 3.34. The summed E-state index contributed by atoms with van der Waals surface area (Å²) in [6.07, 6.45) is 4.57. The van der Waals surface area contributed by atoms with Crippen molar-refractivity contribution in [3.63, 3.8) is 0 Å². The number of amides is 2. The monoisotopic (exact) mass is 459 g/mol. The van der Waals surface area contributed by atoms with Crippen LogP contribution in [0.25, 0.3) is 11.4 Å². The van der Waals surface area contributed by atoms with Crippen molar-refractivity contribution in [3.05, 3.63) is 53.9 Å². The van der Waals surface area contributed by atoms with Crippen LogP contribution < -0.4 is 15.0 Å². The van der Waals surface area contributed by atoms with Crippen molar-refractivity contribution >= 4 is 23.2 Å². The first kappa shape index (κ1) is 22.1. The standard InChI is InChI=1S/C26H29N5O3/c1-17-10-11-22(34-2)21(13-17)31-16-19(15-24(31)32)26(33)27-20-8-6-7-18(14-20)25-29-28-23-9-4-3-5-12-30(23)25/h6-8,10-11,13-14,19H,3-5,9,12,15-16H2,1-2H3,(H,27,33). The van der Waals surface area contributed by atoms with Crippen LogP contribution in [0.4, 0.5) is 11.4 Å². The zero-order valence-corrected chi connectivity index (χ0v) is 19.6. The van der Waals surface area contributed by atoms with Gasteiger partial charge in [-0.2, -0.15) is 0 Å². The highest BCUT2D eigenvalue weighted by Gasteiger charge is 2.36. The summed E-state index contributed by atoms with van der Waals surface area (Å²) < 4.78 is 7.63. The number of nitrogens with zero attached hydrogens (tertiary/aromatic N) is 4. The molecule has 0 aliphatic carbocycles. The van der Waals surface area contributed by atoms with Crippen LogP contribution >= 0.6 is 0 Å². The van der Waals surface area contributed by atoms with Gasteiger partial charge < -0.3 is 19.5 Å². The number of aryl methyl sites for hydroxylation is 2. The number of nitrogens with one attached hydrogen (secondary N) is 1. The predicted octanol–water partition coefficient (Wildman–Crippen LogP) is 3.98. The highest BCUT2D eigenvalue weighted by atomic mass is 16.5. The summed E-state index contributed by atoms with van der Waals surface area (Å²) in [5.41, 5.74) is 3.34. The van der Waals surface area contributed by atoms with Crippen LogP contribution in [0.15, 0.2) is 42.5 Å². The molecule has 2 aliphatic rings. The highest BCUT2D eigenvalue weighted by Crippen LogP contribution is 2.34. The lowest BCUT2D eigenvalue weighted by molar-refractivity contribution is -0.122. The summed E-state index contributed by atoms with van der Waals surface area (Å²) in [5, 5.41) is 11.8. The molecular weight excluding hydrogens is 430 g/mol. The summed E-state index contributed by atoms with van der Waals surface area (Å²) in [6.45, 7) is 3.20. The van der Waals surface area contributed by atoms with Gasteiger partial charge in [0.25, 0.3) is 0 Å². The van der Waals surface area contributed by atoms with E-state index in [9.17, 15) is 9.59 Å². The minimum absolute atomic E-state index is 0.0797. The van der Waals surface area contributed by atoms with E-state index < -0.39 is 5.92 Å². The number of anilines is 2. The summed E-state index contributed by atoms with van der Waals surface area (Å²) >= 11 is 0. The van der Waals surface area contributed by atoms with Gasteiger partial charge >= 0.3 is 0 Å². The van der Waals surface area contributed by atoms with Crippen LogP contribution in [-0.2, 0) is 22.6 Å². The smallest absolute Gasteiger partial charge is 0.229 e. The lowest BCUT2D eigenvalue weighted by Crippen LogP contribution is -2.28. The lowest BCUT2D eigenvalue weighted by atomic mass is 10.1. The Morgan fingerprint density at radius 1 is 1.12 bits per heavy atom. The van der Waals surface area contributed by atoms with Gasteiger partial charge in [0.1, 0.15) is 11.6 Å². The number of fused-ring (bicyclic) bond motifs is 1. The third-order valence-corrected chi connectivity index (χ3v) is 6.62. The first-order valence-electron chi connectivity index (χ1n) is 11.8. The quantitative estimate of drug-likeness (QED) is 0.623. The number of hydrogen-bond acceptors (Lipinski definition) is 5. The summed E-state index contributed by atoms with van der Waals surface area (Å²) in [4.78, 5) is 27.5. The van der Waals surface area contributed by atoms with Gasteiger partial charge in [-0.25, -0.2) is 0 Å². The molecule has 1 atom stereocenters. The molecule has 1 N–H and O–H groups in total. The minimum Gasteiger partial charge on any atom is -0.495 e. The maximum absolute atomic E-state index is 13.1. The van der Waals surface area contributed by atoms with Crippen molar-refractivity contribution in [2.24, 2.45) is 5.92 Å². The van der Waals surface area contributed by atoms with Gasteiger partial charge in [0.15, 0.2) is 5.82 Å². The van der Waals surface area contributed by atoms with Crippen molar-refractivity contribution in [1.29, 1.82) is 0 Å². The number of carbonyl (C=O) groups is 2. The van der Waals surface area contributed by atoms with Crippen LogP contribution in [0.5, 0.6) is 5.75 Å². The molecule has 1 unspecified atom stereocenters. The van der Waals surface area contributed by atoms with E-state index in [1.807, 2.05) is 49.4 Å². The third-order valence-electron chi connectivity index (χ3n) is 6.62. The van der Waals surface area contributed by atoms with Crippen LogP contribution in [-0.4, -0.2) is 40.2 Å². The van der Waals surface area contributed by atoms with Crippen molar-refractivity contribution < 1.29 is 14.3 Å². The molecular formula is C26H29N5O3. The van der Waals surface area contributed by atoms with Crippen molar-refractivity contribution in [1.82, 2.24) is 14.8 Å². The zero-order valence-electron chi connectivity index (χ0n) is 19.6. The minimum atomic E-state index is -0.439. The molecule has 176 valence electrons. The van der Waals surface area contributed by atoms with Gasteiger partial charge in [0.2, 0.25) is 11.8 Å². The average molecular weight is 460 g/mol. The Morgan fingerprint density at radius 2 is 2.00 bits per heavy atom. The fourth-order valence-corrected chi connectivity index (χ4v) is 4.81. The number of carbonyl (C=O) groups excluding carboxylic acids is 2. The number of rotatable bonds is 5. The van der Waals surface area contributed by atoms with E-state index in [1.165, 1.54) is 6.42 Å². The highest BCUT2D eigenvalue weighted by molar-refractivity contribution is 6.04. The van der Waals surface area contributed by atoms with Gasteiger partial charge in [0, 0.05) is 37.2 Å². The molecule has 1 saturated heterocycles. The van der Waals surface area contributed by atoms with E-state index in [1.54, 1.807) is 12.0 Å². The van der Waals surface area contributed by atoms with E-state index in [4.69, 9.17) is 4.74 Å². The molecule has 0 bridgehead atoms. The fourth-order valence-electron chi connectivity index (χ4n) is 4.81. The molecule has 0 radical (unpaired) electrons. The Bertz CT molecular complexity index is 1230. The van der Waals surface area contributed by atoms with E-state index in [2.05, 4.69) is 20.1 Å². The second-order valence-corrected chi connectivity index (χ2v) is 9.05. The molecule has 34 heavy (non-hydrogen) atoms. The Hall–Kier alpha value is -3.68. The van der Waals surface area contributed by atoms with Crippen LogP contribution in [0.3, 0.4) is 0 Å². The van der Waals surface area contributed by atoms with Crippen LogP contribution in [0.2, 0.25) is 0 Å². The molecule has 2 aliphatic heterocycles. The van der Waals surface area contributed by atoms with Crippen LogP contribution in [0.1, 0.15) is 37.1 Å². The van der Waals surface area contributed by atoms with Gasteiger partial charge in [0.05, 0.1) is 18.7 Å². The fraction of sp³-hybridized carbons (Fsp3) is 0.385. The molecule has 8 heteroatoms. The molecule has 0 spiro atoms. The van der Waals surface area contributed by atoms with Crippen molar-refractivity contribution in [2.45, 2.75) is 45.6 Å². The molecule has 3 heterocycles. The summed E-state index contributed by atoms with van der Waals surface area (Å²) in [7, 11) is 1.58. The molecule has 8 nitrogen and oxygen atoms in total. The first-order chi connectivity index (χ1) is 16.5. The molecule has 2 aromatic carbocycles. The third kappa shape index (κ3) is 4.27. The van der Waals surface area contributed by atoms with E-state index >= 15 is 0 Å². The molecule has 1 aromatic heterocycles. The molecule has 3 aromatic rings. The maximum Gasteiger partial charge on any atom is 0.229 e. The Kier molecular flexibility index (Phi) is 6.04. The van der Waals surface area contributed by atoms with E-state index in [-0.39, 0.29) is 18.2 Å². The second-order valence-electron chi connectivity index (χ2n) is 9.05. The SMILES string of the molecule is COc1ccc(C)cc1N1CC(C(=O)Nc2cccc(-c3nnc4n3CCCCC4)c2)CC1=O. The summed E-state index contributed by atoms with van der Waals surface area (Å²) in [5.74, 6) is 1.80. The van der Waals surface area contributed by atoms with Gasteiger partial charge in [-0.15, -0.1) is 10.2 Å². The normalized spacial score (nSPS) is 17.9. The lowest BCUT2D eigenvalue weighted by Gasteiger charge is -2.20. The summed E-state index contributed by atoms with van der Waals surface area (Å²) in [6, 6.07) is 13.4. The Morgan fingerprint density at radius 3 is 2.85 bits per heavy atom. The number of benzene rings is 2. The van der Waals surface area contributed by atoms with Crippen molar-refractivity contribution in [2.75, 3.05) is 23.9 Å². The second kappa shape index (κ2) is 9.29. The maximum atomic E-state index is 13.1. The Balaban J connectivity index is 1.32. The number of methoxy groups -OCH3 is 1. The number of ether oxygens (including phenoxy) is 1. The predicted molar refractivity (Wildman–Crippen MR) is 130 cm³/mol. The first-order valence-corrected chi connectivity index (χ1v) is 11.8. The molecule has 1 fully saturated rings. The van der Waals surface area contributed by atoms with Crippen molar-refractivity contribution in [3.8, 4) is 17.1 Å². The van der Waals surface area contributed by atoms with Gasteiger partial charge in [-0.1, -0.05) is 24.6 Å². The number of hydrogen-bond donors (Lipinski definition) is 1.